The molecule has 102 valence electrons. The zero-order valence-corrected chi connectivity index (χ0v) is 11.8. The number of H-pyrrole nitrogens is 1. The summed E-state index contributed by atoms with van der Waals surface area (Å²) >= 11 is 0. The van der Waals surface area contributed by atoms with Crippen molar-refractivity contribution in [1.29, 1.82) is 0 Å². The molecule has 3 nitrogen and oxygen atoms in total. The highest BCUT2D eigenvalue weighted by molar-refractivity contribution is 5.89. The number of hydrogen-bond acceptors (Lipinski definition) is 2. The Morgan fingerprint density at radius 1 is 1.26 bits per heavy atom. The molecule has 0 bridgehead atoms. The Morgan fingerprint density at radius 2 is 2.05 bits per heavy atom. The second-order valence-corrected chi connectivity index (χ2v) is 5.51. The fraction of sp³-hybridized carbons (Fsp3) is 0.500. The van der Waals surface area contributed by atoms with E-state index in [-0.39, 0.29) is 0 Å². The van der Waals surface area contributed by atoms with Crippen LogP contribution in [0, 0.1) is 12.8 Å². The monoisotopic (exact) mass is 258 g/mol. The lowest BCUT2D eigenvalue weighted by atomic mass is 9.90. The van der Waals surface area contributed by atoms with E-state index in [0.29, 0.717) is 0 Å². The van der Waals surface area contributed by atoms with Crippen molar-refractivity contribution in [3.05, 3.63) is 29.5 Å². The van der Waals surface area contributed by atoms with Crippen LogP contribution in [0.2, 0.25) is 0 Å². The number of methoxy groups -OCH3 is 1. The van der Waals surface area contributed by atoms with E-state index >= 15 is 0 Å². The van der Waals surface area contributed by atoms with Crippen LogP contribution in [-0.4, -0.2) is 25.2 Å². The lowest BCUT2D eigenvalue weighted by Crippen LogP contribution is -2.28. The topological polar surface area (TPSA) is 37.0 Å². The molecule has 0 atom stereocenters. The highest BCUT2D eigenvalue weighted by Crippen LogP contribution is 2.32. The maximum Gasteiger partial charge on any atom is 0.142 e. The van der Waals surface area contributed by atoms with Gasteiger partial charge in [-0.25, -0.2) is 0 Å². The Kier molecular flexibility index (Phi) is 3.47. The first-order valence-electron chi connectivity index (χ1n) is 7.14. The second-order valence-electron chi connectivity index (χ2n) is 5.51. The molecule has 19 heavy (non-hydrogen) atoms. The van der Waals surface area contributed by atoms with E-state index in [1.807, 2.05) is 6.07 Å². The molecule has 0 aliphatic carbocycles. The second kappa shape index (κ2) is 5.25. The SMILES string of the molecule is COc1cccc2c(CC3CCNCC3)c(C)[nH]c12. The minimum Gasteiger partial charge on any atom is -0.495 e. The zero-order valence-electron chi connectivity index (χ0n) is 11.8. The molecule has 1 aliphatic rings. The van der Waals surface area contributed by atoms with Crippen molar-refractivity contribution in [2.75, 3.05) is 20.2 Å². The Labute approximate surface area is 114 Å². The van der Waals surface area contributed by atoms with Gasteiger partial charge >= 0.3 is 0 Å². The van der Waals surface area contributed by atoms with Gasteiger partial charge in [-0.3, -0.25) is 0 Å². The van der Waals surface area contributed by atoms with Crippen LogP contribution in [-0.2, 0) is 6.42 Å². The molecule has 0 radical (unpaired) electrons. The number of fused-ring (bicyclic) bond motifs is 1. The van der Waals surface area contributed by atoms with E-state index in [9.17, 15) is 0 Å². The Morgan fingerprint density at radius 3 is 2.79 bits per heavy atom. The summed E-state index contributed by atoms with van der Waals surface area (Å²) in [5.74, 6) is 1.75. The van der Waals surface area contributed by atoms with Crippen molar-refractivity contribution in [2.45, 2.75) is 26.2 Å². The third-order valence-electron chi connectivity index (χ3n) is 4.29. The molecule has 1 saturated heterocycles. The standard InChI is InChI=1S/C16H22N2O/c1-11-14(10-12-6-8-17-9-7-12)13-4-3-5-15(19-2)16(13)18-11/h3-5,12,17-18H,6-10H2,1-2H3. The summed E-state index contributed by atoms with van der Waals surface area (Å²) < 4.78 is 5.44. The number of aryl methyl sites for hydroxylation is 1. The Hall–Kier alpha value is -1.48. The van der Waals surface area contributed by atoms with Crippen molar-refractivity contribution in [2.24, 2.45) is 5.92 Å². The molecule has 2 aromatic rings. The summed E-state index contributed by atoms with van der Waals surface area (Å²) in [4.78, 5) is 3.50. The maximum absolute atomic E-state index is 5.44. The van der Waals surface area contributed by atoms with Gasteiger partial charge in [0.05, 0.1) is 12.6 Å². The lowest BCUT2D eigenvalue weighted by Gasteiger charge is -2.22. The summed E-state index contributed by atoms with van der Waals surface area (Å²) in [6, 6.07) is 6.31. The first-order chi connectivity index (χ1) is 9.29. The van der Waals surface area contributed by atoms with Crippen LogP contribution in [0.1, 0.15) is 24.1 Å². The molecular formula is C16H22N2O. The number of benzene rings is 1. The number of ether oxygens (including phenoxy) is 1. The summed E-state index contributed by atoms with van der Waals surface area (Å²) in [6.45, 7) is 4.50. The van der Waals surface area contributed by atoms with Crippen LogP contribution in [0.25, 0.3) is 10.9 Å². The molecule has 1 aliphatic heterocycles. The van der Waals surface area contributed by atoms with Gasteiger partial charge in [0.1, 0.15) is 5.75 Å². The Balaban J connectivity index is 1.96. The molecule has 0 spiro atoms. The van der Waals surface area contributed by atoms with E-state index in [2.05, 4.69) is 29.4 Å². The molecule has 2 heterocycles. The van der Waals surface area contributed by atoms with Gasteiger partial charge in [-0.15, -0.1) is 0 Å². The van der Waals surface area contributed by atoms with E-state index < -0.39 is 0 Å². The van der Waals surface area contributed by atoms with Gasteiger partial charge in [-0.1, -0.05) is 12.1 Å². The average molecular weight is 258 g/mol. The summed E-state index contributed by atoms with van der Waals surface area (Å²) in [7, 11) is 1.73. The normalized spacial score (nSPS) is 16.9. The van der Waals surface area contributed by atoms with E-state index in [4.69, 9.17) is 4.74 Å². The lowest BCUT2D eigenvalue weighted by molar-refractivity contribution is 0.373. The van der Waals surface area contributed by atoms with Crippen LogP contribution in [0.5, 0.6) is 5.75 Å². The van der Waals surface area contributed by atoms with Crippen LogP contribution in [0.4, 0.5) is 0 Å². The van der Waals surface area contributed by atoms with Crippen LogP contribution in [0.15, 0.2) is 18.2 Å². The fourth-order valence-corrected chi connectivity index (χ4v) is 3.18. The van der Waals surface area contributed by atoms with Crippen LogP contribution in [0.3, 0.4) is 0 Å². The molecule has 0 saturated carbocycles. The largest absolute Gasteiger partial charge is 0.495 e. The minimum atomic E-state index is 0.810. The summed E-state index contributed by atoms with van der Waals surface area (Å²) in [5.41, 5.74) is 3.91. The summed E-state index contributed by atoms with van der Waals surface area (Å²) in [5, 5.41) is 4.77. The third-order valence-corrected chi connectivity index (χ3v) is 4.29. The molecule has 2 N–H and O–H groups in total. The van der Waals surface area contributed by atoms with Gasteiger partial charge in [-0.05, 0) is 56.8 Å². The zero-order chi connectivity index (χ0) is 13.2. The molecule has 3 heteroatoms. The molecule has 0 amide bonds. The van der Waals surface area contributed by atoms with Gasteiger partial charge in [0.2, 0.25) is 0 Å². The Bertz CT molecular complexity index is 567. The fourth-order valence-electron chi connectivity index (χ4n) is 3.18. The van der Waals surface area contributed by atoms with Crippen LogP contribution >= 0.6 is 0 Å². The molecule has 1 aromatic carbocycles. The highest BCUT2D eigenvalue weighted by atomic mass is 16.5. The quantitative estimate of drug-likeness (QED) is 0.888. The predicted octanol–water partition coefficient (Wildman–Crippen LogP) is 3.03. The highest BCUT2D eigenvalue weighted by Gasteiger charge is 2.18. The van der Waals surface area contributed by atoms with Gasteiger partial charge in [0.25, 0.3) is 0 Å². The first kappa shape index (κ1) is 12.5. The third kappa shape index (κ3) is 2.35. The van der Waals surface area contributed by atoms with Gasteiger partial charge in [0, 0.05) is 11.1 Å². The molecular weight excluding hydrogens is 236 g/mol. The summed E-state index contributed by atoms with van der Waals surface area (Å²) in [6.07, 6.45) is 3.76. The number of nitrogens with one attached hydrogen (secondary N) is 2. The van der Waals surface area contributed by atoms with Crippen molar-refractivity contribution < 1.29 is 4.74 Å². The number of rotatable bonds is 3. The van der Waals surface area contributed by atoms with Crippen molar-refractivity contribution in [1.82, 2.24) is 10.3 Å². The molecule has 0 unspecified atom stereocenters. The molecule has 1 aromatic heterocycles. The molecule has 1 fully saturated rings. The van der Waals surface area contributed by atoms with Crippen molar-refractivity contribution in [3.8, 4) is 5.75 Å². The number of aromatic nitrogens is 1. The van der Waals surface area contributed by atoms with E-state index in [1.165, 1.54) is 35.9 Å². The van der Waals surface area contributed by atoms with Gasteiger partial charge in [-0.2, -0.15) is 0 Å². The van der Waals surface area contributed by atoms with E-state index in [1.54, 1.807) is 7.11 Å². The van der Waals surface area contributed by atoms with Gasteiger partial charge in [0.15, 0.2) is 0 Å². The van der Waals surface area contributed by atoms with Crippen molar-refractivity contribution >= 4 is 10.9 Å². The maximum atomic E-state index is 5.44. The number of hydrogen-bond donors (Lipinski definition) is 2. The molecule has 3 rings (SSSR count). The van der Waals surface area contributed by atoms with Gasteiger partial charge < -0.3 is 15.0 Å². The van der Waals surface area contributed by atoms with E-state index in [0.717, 1.165) is 30.3 Å². The number of aromatic amines is 1. The number of piperidine rings is 1. The average Bonchev–Trinajstić information content (AvgIpc) is 2.76. The predicted molar refractivity (Wildman–Crippen MR) is 78.9 cm³/mol. The first-order valence-corrected chi connectivity index (χ1v) is 7.14. The van der Waals surface area contributed by atoms with Crippen molar-refractivity contribution in [3.63, 3.8) is 0 Å². The number of para-hydroxylation sites is 1. The smallest absolute Gasteiger partial charge is 0.142 e. The minimum absolute atomic E-state index is 0.810. The van der Waals surface area contributed by atoms with Crippen LogP contribution < -0.4 is 10.1 Å².